The van der Waals surface area contributed by atoms with E-state index in [0.29, 0.717) is 6.04 Å². The molecule has 1 atom stereocenters. The molecule has 8 heavy (non-hydrogen) atoms. The van der Waals surface area contributed by atoms with Crippen LogP contribution in [0.2, 0.25) is 0 Å². The molecule has 0 aromatic heterocycles. The minimum Gasteiger partial charge on any atom is -0.330 e. The highest BCUT2D eigenvalue weighted by atomic mass is 15.3. The monoisotopic (exact) mass is 117 g/mol. The minimum atomic E-state index is 0.315. The number of hydrogen-bond acceptors (Lipinski definition) is 1. The summed E-state index contributed by atoms with van der Waals surface area (Å²) < 4.78 is 0.956. The average molecular weight is 117 g/mol. The third-order valence-electron chi connectivity index (χ3n) is 0.836. The molecule has 2 nitrogen and oxygen atoms in total. The van der Waals surface area contributed by atoms with Crippen molar-refractivity contribution in [2.24, 2.45) is 5.73 Å². The minimum absolute atomic E-state index is 0.315. The van der Waals surface area contributed by atoms with Crippen LogP contribution in [0.1, 0.15) is 6.92 Å². The number of nitrogens with zero attached hydrogens (tertiary/aromatic N) is 1. The number of likely N-dealkylation sites (N-methyl/N-ethyl adjacent to an activating group) is 1. The number of hydrogen-bond donors (Lipinski definition) is 1. The van der Waals surface area contributed by atoms with Crippen molar-refractivity contribution >= 4 is 0 Å². The summed E-state index contributed by atoms with van der Waals surface area (Å²) in [5.41, 5.74) is 5.56. The van der Waals surface area contributed by atoms with Crippen LogP contribution in [0.25, 0.3) is 0 Å². The Kier molecular flexibility index (Phi) is 2.44. The Hall–Kier alpha value is -0.0800. The zero-order valence-electron chi connectivity index (χ0n) is 6.31. The first kappa shape index (κ1) is 7.92. The lowest BCUT2D eigenvalue weighted by atomic mass is 10.3. The van der Waals surface area contributed by atoms with E-state index in [-0.39, 0.29) is 0 Å². The molecule has 0 aliphatic rings. The molecule has 0 rings (SSSR count). The fraction of sp³-hybridized carbons (Fsp3) is 1.00. The van der Waals surface area contributed by atoms with Crippen LogP contribution in [-0.2, 0) is 0 Å². The summed E-state index contributed by atoms with van der Waals surface area (Å²) in [4.78, 5) is 0. The maximum atomic E-state index is 5.56. The van der Waals surface area contributed by atoms with Gasteiger partial charge in [-0.05, 0) is 6.92 Å². The fourth-order valence-electron chi connectivity index (χ4n) is 0.864. The SMILES string of the molecule is C[C@@H](N)C[N+](C)(C)C. The van der Waals surface area contributed by atoms with E-state index in [1.165, 1.54) is 0 Å². The van der Waals surface area contributed by atoms with E-state index < -0.39 is 0 Å². The largest absolute Gasteiger partial charge is 0.330 e. The summed E-state index contributed by atoms with van der Waals surface area (Å²) in [6.45, 7) is 3.07. The predicted molar refractivity (Wildman–Crippen MR) is 36.5 cm³/mol. The van der Waals surface area contributed by atoms with Gasteiger partial charge in [-0.1, -0.05) is 0 Å². The molecule has 0 aliphatic carbocycles. The van der Waals surface area contributed by atoms with E-state index >= 15 is 0 Å². The van der Waals surface area contributed by atoms with Gasteiger partial charge in [0.2, 0.25) is 0 Å². The van der Waals surface area contributed by atoms with Crippen molar-refractivity contribution in [1.29, 1.82) is 0 Å². The van der Waals surface area contributed by atoms with Gasteiger partial charge in [-0.15, -0.1) is 0 Å². The van der Waals surface area contributed by atoms with Crippen molar-refractivity contribution in [2.45, 2.75) is 13.0 Å². The second-order valence-electron chi connectivity index (χ2n) is 3.45. The maximum Gasteiger partial charge on any atom is 0.0931 e. The van der Waals surface area contributed by atoms with Crippen LogP contribution >= 0.6 is 0 Å². The standard InChI is InChI=1S/C6H17N2/c1-6(7)5-8(2,3)4/h6H,5,7H2,1-4H3/q+1/t6-/m1/s1. The molecule has 0 saturated heterocycles. The van der Waals surface area contributed by atoms with Crippen LogP contribution in [0.5, 0.6) is 0 Å². The average Bonchev–Trinajstić information content (AvgIpc) is 1.21. The van der Waals surface area contributed by atoms with Gasteiger partial charge in [0.05, 0.1) is 33.7 Å². The highest BCUT2D eigenvalue weighted by Crippen LogP contribution is 1.90. The van der Waals surface area contributed by atoms with Gasteiger partial charge >= 0.3 is 0 Å². The molecule has 0 heterocycles. The van der Waals surface area contributed by atoms with E-state index in [1.54, 1.807) is 0 Å². The molecule has 0 saturated carbocycles. The lowest BCUT2D eigenvalue weighted by Gasteiger charge is -2.25. The fourth-order valence-corrected chi connectivity index (χ4v) is 0.864. The summed E-state index contributed by atoms with van der Waals surface area (Å²) in [5.74, 6) is 0. The van der Waals surface area contributed by atoms with E-state index in [0.717, 1.165) is 11.0 Å². The zero-order chi connectivity index (χ0) is 6.78. The third kappa shape index (κ3) is 5.92. The van der Waals surface area contributed by atoms with Gasteiger partial charge in [0.25, 0.3) is 0 Å². The molecule has 0 unspecified atom stereocenters. The molecule has 0 bridgehead atoms. The van der Waals surface area contributed by atoms with E-state index in [2.05, 4.69) is 21.1 Å². The quantitative estimate of drug-likeness (QED) is 0.508. The maximum absolute atomic E-state index is 5.56. The van der Waals surface area contributed by atoms with E-state index in [1.807, 2.05) is 6.92 Å². The van der Waals surface area contributed by atoms with Crippen LogP contribution < -0.4 is 5.73 Å². The van der Waals surface area contributed by atoms with Crippen LogP contribution in [0.4, 0.5) is 0 Å². The van der Waals surface area contributed by atoms with Gasteiger partial charge < -0.3 is 10.2 Å². The summed E-state index contributed by atoms with van der Waals surface area (Å²) in [6.07, 6.45) is 0. The van der Waals surface area contributed by atoms with Gasteiger partial charge in [-0.3, -0.25) is 0 Å². The van der Waals surface area contributed by atoms with Crippen molar-refractivity contribution in [1.82, 2.24) is 0 Å². The second kappa shape index (κ2) is 2.46. The Balaban J connectivity index is 3.39. The van der Waals surface area contributed by atoms with Crippen molar-refractivity contribution in [3.8, 4) is 0 Å². The number of quaternary nitrogens is 1. The van der Waals surface area contributed by atoms with Gasteiger partial charge in [-0.25, -0.2) is 0 Å². The smallest absolute Gasteiger partial charge is 0.0931 e. The molecule has 0 aliphatic heterocycles. The molecular weight excluding hydrogens is 100 g/mol. The summed E-state index contributed by atoms with van der Waals surface area (Å²) in [7, 11) is 6.43. The highest BCUT2D eigenvalue weighted by molar-refractivity contribution is 4.47. The first-order valence-electron chi connectivity index (χ1n) is 2.98. The normalized spacial score (nSPS) is 16.1. The van der Waals surface area contributed by atoms with Gasteiger partial charge in [0.1, 0.15) is 0 Å². The molecule has 2 heteroatoms. The van der Waals surface area contributed by atoms with Crippen molar-refractivity contribution < 1.29 is 4.48 Å². The number of rotatable bonds is 2. The zero-order valence-corrected chi connectivity index (χ0v) is 6.31. The predicted octanol–water partition coefficient (Wildman–Crippen LogP) is 0.0398. The van der Waals surface area contributed by atoms with Crippen LogP contribution in [0.15, 0.2) is 0 Å². The van der Waals surface area contributed by atoms with E-state index in [9.17, 15) is 0 Å². The highest BCUT2D eigenvalue weighted by Gasteiger charge is 2.08. The van der Waals surface area contributed by atoms with Crippen molar-refractivity contribution in [2.75, 3.05) is 27.7 Å². The lowest BCUT2D eigenvalue weighted by molar-refractivity contribution is -0.871. The Morgan fingerprint density at radius 1 is 1.38 bits per heavy atom. The van der Waals surface area contributed by atoms with Crippen LogP contribution in [0.3, 0.4) is 0 Å². The van der Waals surface area contributed by atoms with Crippen molar-refractivity contribution in [3.63, 3.8) is 0 Å². The molecular formula is C6H17N2+. The third-order valence-corrected chi connectivity index (χ3v) is 0.836. The Morgan fingerprint density at radius 2 is 1.75 bits per heavy atom. The molecule has 50 valence electrons. The van der Waals surface area contributed by atoms with E-state index in [4.69, 9.17) is 5.73 Å². The molecule has 2 N–H and O–H groups in total. The van der Waals surface area contributed by atoms with Crippen LogP contribution in [0, 0.1) is 0 Å². The van der Waals surface area contributed by atoms with Gasteiger partial charge in [0.15, 0.2) is 0 Å². The molecule has 0 amide bonds. The Bertz CT molecular complexity index is 61.4. The Labute approximate surface area is 51.9 Å². The van der Waals surface area contributed by atoms with Gasteiger partial charge in [-0.2, -0.15) is 0 Å². The molecule has 0 fully saturated rings. The first-order chi connectivity index (χ1) is 3.42. The summed E-state index contributed by atoms with van der Waals surface area (Å²) >= 11 is 0. The van der Waals surface area contributed by atoms with Gasteiger partial charge in [0, 0.05) is 0 Å². The summed E-state index contributed by atoms with van der Waals surface area (Å²) in [5, 5.41) is 0. The first-order valence-corrected chi connectivity index (χ1v) is 2.98. The molecule has 0 spiro atoms. The molecule has 0 aromatic carbocycles. The summed E-state index contributed by atoms with van der Waals surface area (Å²) in [6, 6.07) is 0.315. The lowest BCUT2D eigenvalue weighted by Crippen LogP contribution is -2.43. The second-order valence-corrected chi connectivity index (χ2v) is 3.45. The Morgan fingerprint density at radius 3 is 1.75 bits per heavy atom. The topological polar surface area (TPSA) is 26.0 Å². The van der Waals surface area contributed by atoms with Crippen LogP contribution in [-0.4, -0.2) is 38.2 Å². The number of nitrogens with two attached hydrogens (primary N) is 1. The molecule has 0 aromatic rings. The van der Waals surface area contributed by atoms with Crippen molar-refractivity contribution in [3.05, 3.63) is 0 Å². The molecule has 0 radical (unpaired) electrons.